The van der Waals surface area contributed by atoms with Gasteiger partial charge in [0.1, 0.15) is 11.6 Å². The van der Waals surface area contributed by atoms with E-state index in [-0.39, 0.29) is 5.56 Å². The highest BCUT2D eigenvalue weighted by atomic mass is 79.9. The Bertz CT molecular complexity index is 1220. The van der Waals surface area contributed by atoms with Crippen LogP contribution in [-0.2, 0) is 16.0 Å². The first kappa shape index (κ1) is 24.1. The van der Waals surface area contributed by atoms with Gasteiger partial charge in [-0.1, -0.05) is 29.3 Å². The Kier molecular flexibility index (Phi) is 8.20. The molecule has 1 heterocycles. The summed E-state index contributed by atoms with van der Waals surface area (Å²) in [5, 5.41) is 4.95. The SMILES string of the molecule is CCCCc1nc2ccc(Br)cc2c(=O)n1N=Cc1ccc(O[C@H](C)C(=O)OC)c(Br)c1. The Balaban J connectivity index is 1.95. The van der Waals surface area contributed by atoms with Gasteiger partial charge in [-0.15, -0.1) is 0 Å². The van der Waals surface area contributed by atoms with Gasteiger partial charge in [0.2, 0.25) is 0 Å². The molecule has 2 aromatic carbocycles. The zero-order valence-electron chi connectivity index (χ0n) is 18.0. The summed E-state index contributed by atoms with van der Waals surface area (Å²) in [6.45, 7) is 3.70. The van der Waals surface area contributed by atoms with E-state index in [1.165, 1.54) is 11.8 Å². The maximum absolute atomic E-state index is 13.1. The van der Waals surface area contributed by atoms with Crippen molar-refractivity contribution in [1.82, 2.24) is 9.66 Å². The Morgan fingerprint density at radius 2 is 2.03 bits per heavy atom. The standard InChI is InChI=1S/C23H23Br2N3O4/c1-4-5-6-21-27-19-9-8-16(24)12-17(19)22(29)28(21)26-13-15-7-10-20(18(25)11-15)32-14(2)23(30)31-3/h7-14H,4-6H2,1-3H3/t14-/m1/s1. The van der Waals surface area contributed by atoms with Crippen LogP contribution in [0.4, 0.5) is 0 Å². The third-order valence-corrected chi connectivity index (χ3v) is 5.86. The molecule has 0 radical (unpaired) electrons. The fourth-order valence-corrected chi connectivity index (χ4v) is 3.88. The van der Waals surface area contributed by atoms with Gasteiger partial charge in [0.15, 0.2) is 6.10 Å². The van der Waals surface area contributed by atoms with Crippen LogP contribution in [0, 0.1) is 0 Å². The molecule has 0 saturated carbocycles. The summed E-state index contributed by atoms with van der Waals surface area (Å²) in [4.78, 5) is 29.4. The average Bonchev–Trinajstić information content (AvgIpc) is 2.78. The number of carbonyl (C=O) groups excluding carboxylic acids is 1. The van der Waals surface area contributed by atoms with E-state index in [0.29, 0.717) is 33.4 Å². The molecule has 0 unspecified atom stereocenters. The monoisotopic (exact) mass is 563 g/mol. The highest BCUT2D eigenvalue weighted by molar-refractivity contribution is 9.10. The molecule has 0 fully saturated rings. The molecule has 3 rings (SSSR count). The zero-order valence-corrected chi connectivity index (χ0v) is 21.1. The minimum atomic E-state index is -0.737. The molecule has 0 aliphatic carbocycles. The van der Waals surface area contributed by atoms with Crippen molar-refractivity contribution in [3.8, 4) is 5.75 Å². The van der Waals surface area contributed by atoms with Crippen molar-refractivity contribution in [1.29, 1.82) is 0 Å². The van der Waals surface area contributed by atoms with Gasteiger partial charge in [-0.05, 0) is 71.2 Å². The molecular weight excluding hydrogens is 542 g/mol. The number of hydrogen-bond donors (Lipinski definition) is 0. The fourth-order valence-electron chi connectivity index (χ4n) is 3.03. The van der Waals surface area contributed by atoms with Crippen LogP contribution in [0.3, 0.4) is 0 Å². The van der Waals surface area contributed by atoms with Crippen molar-refractivity contribution in [2.24, 2.45) is 5.10 Å². The number of carbonyl (C=O) groups is 1. The molecule has 0 N–H and O–H groups in total. The molecule has 0 aliphatic rings. The van der Waals surface area contributed by atoms with Gasteiger partial charge in [-0.3, -0.25) is 4.79 Å². The number of esters is 1. The van der Waals surface area contributed by atoms with E-state index in [9.17, 15) is 9.59 Å². The van der Waals surface area contributed by atoms with Gasteiger partial charge < -0.3 is 9.47 Å². The van der Waals surface area contributed by atoms with Crippen molar-refractivity contribution in [2.75, 3.05) is 7.11 Å². The first-order chi connectivity index (χ1) is 15.3. The molecule has 0 bridgehead atoms. The maximum atomic E-state index is 13.1. The second kappa shape index (κ2) is 10.9. The summed E-state index contributed by atoms with van der Waals surface area (Å²) in [6, 6.07) is 10.8. The molecular formula is C23H23Br2N3O4. The van der Waals surface area contributed by atoms with E-state index < -0.39 is 12.1 Å². The molecule has 0 amide bonds. The average molecular weight is 565 g/mol. The molecule has 0 aliphatic heterocycles. The lowest BCUT2D eigenvalue weighted by molar-refractivity contribution is -0.147. The number of unbranched alkanes of at least 4 members (excludes halogenated alkanes) is 1. The third kappa shape index (κ3) is 5.63. The molecule has 168 valence electrons. The molecule has 3 aromatic rings. The molecule has 7 nitrogen and oxygen atoms in total. The van der Waals surface area contributed by atoms with Crippen molar-refractivity contribution in [3.63, 3.8) is 0 Å². The van der Waals surface area contributed by atoms with Gasteiger partial charge >= 0.3 is 5.97 Å². The van der Waals surface area contributed by atoms with Crippen LogP contribution in [0.15, 0.2) is 55.2 Å². The lowest BCUT2D eigenvalue weighted by atomic mass is 10.2. The predicted octanol–water partition coefficient (Wildman–Crippen LogP) is 5.09. The van der Waals surface area contributed by atoms with Gasteiger partial charge in [-0.25, -0.2) is 9.78 Å². The Morgan fingerprint density at radius 3 is 2.72 bits per heavy atom. The van der Waals surface area contributed by atoms with Crippen LogP contribution < -0.4 is 10.3 Å². The Labute approximate surface area is 202 Å². The zero-order chi connectivity index (χ0) is 23.3. The van der Waals surface area contributed by atoms with Gasteiger partial charge in [0, 0.05) is 10.9 Å². The van der Waals surface area contributed by atoms with E-state index >= 15 is 0 Å². The van der Waals surface area contributed by atoms with Crippen molar-refractivity contribution >= 4 is 54.9 Å². The van der Waals surface area contributed by atoms with Gasteiger partial charge in [0.25, 0.3) is 5.56 Å². The minimum absolute atomic E-state index is 0.218. The molecule has 1 atom stereocenters. The summed E-state index contributed by atoms with van der Waals surface area (Å²) < 4.78 is 13.1. The number of aromatic nitrogens is 2. The number of halogens is 2. The summed E-state index contributed by atoms with van der Waals surface area (Å²) in [5.74, 6) is 0.656. The predicted molar refractivity (Wildman–Crippen MR) is 132 cm³/mol. The van der Waals surface area contributed by atoms with Crippen LogP contribution in [-0.4, -0.2) is 35.1 Å². The van der Waals surface area contributed by atoms with E-state index in [1.807, 2.05) is 12.1 Å². The Morgan fingerprint density at radius 1 is 1.25 bits per heavy atom. The second-order valence-electron chi connectivity index (χ2n) is 7.13. The lowest BCUT2D eigenvalue weighted by Crippen LogP contribution is -2.25. The van der Waals surface area contributed by atoms with Crippen molar-refractivity contribution in [2.45, 2.75) is 39.2 Å². The van der Waals surface area contributed by atoms with Crippen LogP contribution in [0.2, 0.25) is 0 Å². The van der Waals surface area contributed by atoms with Crippen LogP contribution in [0.5, 0.6) is 5.75 Å². The number of benzene rings is 2. The number of aryl methyl sites for hydroxylation is 1. The van der Waals surface area contributed by atoms with Crippen LogP contribution in [0.25, 0.3) is 10.9 Å². The second-order valence-corrected chi connectivity index (χ2v) is 8.90. The number of methoxy groups -OCH3 is 1. The Hall–Kier alpha value is -2.52. The molecule has 9 heteroatoms. The quantitative estimate of drug-likeness (QED) is 0.281. The lowest BCUT2D eigenvalue weighted by Gasteiger charge is -2.14. The number of hydrogen-bond acceptors (Lipinski definition) is 6. The maximum Gasteiger partial charge on any atom is 0.346 e. The molecule has 0 spiro atoms. The molecule has 32 heavy (non-hydrogen) atoms. The van der Waals surface area contributed by atoms with Gasteiger partial charge in [0.05, 0.1) is 28.7 Å². The topological polar surface area (TPSA) is 82.8 Å². The van der Waals surface area contributed by atoms with Crippen molar-refractivity contribution < 1.29 is 14.3 Å². The normalized spacial score (nSPS) is 12.3. The molecule has 1 aromatic heterocycles. The number of rotatable bonds is 8. The first-order valence-corrected chi connectivity index (χ1v) is 11.7. The van der Waals surface area contributed by atoms with E-state index in [1.54, 1.807) is 37.4 Å². The van der Waals surface area contributed by atoms with Crippen molar-refractivity contribution in [3.05, 3.63) is 67.1 Å². The summed E-state index contributed by atoms with van der Waals surface area (Å²) in [5.41, 5.74) is 1.18. The third-order valence-electron chi connectivity index (χ3n) is 4.74. The number of ether oxygens (including phenoxy) is 2. The number of fused-ring (bicyclic) bond motifs is 1. The highest BCUT2D eigenvalue weighted by Crippen LogP contribution is 2.26. The smallest absolute Gasteiger partial charge is 0.346 e. The largest absolute Gasteiger partial charge is 0.478 e. The fraction of sp³-hybridized carbons (Fsp3) is 0.304. The molecule has 0 saturated heterocycles. The number of nitrogens with zero attached hydrogens (tertiary/aromatic N) is 3. The summed E-state index contributed by atoms with van der Waals surface area (Å²) >= 11 is 6.86. The van der Waals surface area contributed by atoms with E-state index in [2.05, 4.69) is 53.6 Å². The first-order valence-electron chi connectivity index (χ1n) is 10.1. The van der Waals surface area contributed by atoms with Crippen LogP contribution >= 0.6 is 31.9 Å². The highest BCUT2D eigenvalue weighted by Gasteiger charge is 2.16. The van der Waals surface area contributed by atoms with Crippen LogP contribution in [0.1, 0.15) is 38.1 Å². The van der Waals surface area contributed by atoms with E-state index in [4.69, 9.17) is 4.74 Å². The van der Waals surface area contributed by atoms with E-state index in [0.717, 1.165) is 22.9 Å². The summed E-state index contributed by atoms with van der Waals surface area (Å²) in [7, 11) is 1.31. The van der Waals surface area contributed by atoms with Gasteiger partial charge in [-0.2, -0.15) is 9.78 Å². The summed E-state index contributed by atoms with van der Waals surface area (Å²) in [6.07, 6.45) is 3.40. The minimum Gasteiger partial charge on any atom is -0.478 e.